The summed E-state index contributed by atoms with van der Waals surface area (Å²) in [5, 5.41) is 9.55. The van der Waals surface area contributed by atoms with Gasteiger partial charge in [-0.15, -0.1) is 0 Å². The first kappa shape index (κ1) is 16.2. The van der Waals surface area contributed by atoms with Gasteiger partial charge in [0.25, 0.3) is 10.2 Å². The van der Waals surface area contributed by atoms with Crippen molar-refractivity contribution >= 4 is 10.2 Å². The van der Waals surface area contributed by atoms with Crippen LogP contribution in [0.5, 0.6) is 0 Å². The Labute approximate surface area is 121 Å². The molecular formula is C13H26N2O4S. The van der Waals surface area contributed by atoms with Gasteiger partial charge in [-0.1, -0.05) is 12.8 Å². The van der Waals surface area contributed by atoms with Gasteiger partial charge < -0.3 is 9.84 Å². The smallest absolute Gasteiger partial charge is 0.280 e. The fourth-order valence-electron chi connectivity index (χ4n) is 3.30. The van der Waals surface area contributed by atoms with Crippen LogP contribution in [0.25, 0.3) is 0 Å². The zero-order chi connectivity index (χ0) is 14.6. The van der Waals surface area contributed by atoms with Gasteiger partial charge in [-0.05, 0) is 31.6 Å². The van der Waals surface area contributed by atoms with Gasteiger partial charge >= 0.3 is 0 Å². The van der Waals surface area contributed by atoms with Gasteiger partial charge in [0.05, 0.1) is 18.8 Å². The summed E-state index contributed by atoms with van der Waals surface area (Å²) in [6, 6.07) is 0. The Kier molecular flexibility index (Phi) is 5.42. The van der Waals surface area contributed by atoms with E-state index in [0.717, 1.165) is 38.5 Å². The van der Waals surface area contributed by atoms with E-state index in [1.54, 1.807) is 7.11 Å². The molecule has 2 fully saturated rings. The van der Waals surface area contributed by atoms with Crippen LogP contribution in [-0.4, -0.2) is 56.8 Å². The normalized spacial score (nSPS) is 27.8. The Morgan fingerprint density at radius 1 is 1.35 bits per heavy atom. The monoisotopic (exact) mass is 306 g/mol. The van der Waals surface area contributed by atoms with E-state index in [1.165, 1.54) is 4.31 Å². The average molecular weight is 306 g/mol. The predicted octanol–water partition coefficient (Wildman–Crippen LogP) is 0.484. The lowest BCUT2D eigenvalue weighted by Crippen LogP contribution is -2.56. The summed E-state index contributed by atoms with van der Waals surface area (Å²) < 4.78 is 34.4. The van der Waals surface area contributed by atoms with E-state index in [9.17, 15) is 13.5 Å². The maximum Gasteiger partial charge on any atom is 0.280 e. The van der Waals surface area contributed by atoms with Gasteiger partial charge in [-0.3, -0.25) is 0 Å². The highest BCUT2D eigenvalue weighted by molar-refractivity contribution is 7.87. The molecule has 1 unspecified atom stereocenters. The third kappa shape index (κ3) is 3.71. The molecule has 0 spiro atoms. The maximum atomic E-state index is 12.5. The first-order valence-electron chi connectivity index (χ1n) is 7.40. The Morgan fingerprint density at radius 3 is 2.65 bits per heavy atom. The molecule has 0 aromatic carbocycles. The summed E-state index contributed by atoms with van der Waals surface area (Å²) in [4.78, 5) is 0. The van der Waals surface area contributed by atoms with Crippen molar-refractivity contribution in [3.05, 3.63) is 0 Å². The van der Waals surface area contributed by atoms with Crippen LogP contribution in [0.3, 0.4) is 0 Å². The summed E-state index contributed by atoms with van der Waals surface area (Å²) in [5.41, 5.74) is -0.646. The molecule has 1 heterocycles. The van der Waals surface area contributed by atoms with Crippen molar-refractivity contribution in [2.45, 2.75) is 44.1 Å². The number of aliphatic hydroxyl groups is 1. The molecule has 1 aliphatic heterocycles. The lowest BCUT2D eigenvalue weighted by Gasteiger charge is -2.35. The molecule has 0 bridgehead atoms. The molecular weight excluding hydrogens is 280 g/mol. The second-order valence-corrected chi connectivity index (χ2v) is 7.74. The zero-order valence-corrected chi connectivity index (χ0v) is 13.0. The third-order valence-corrected chi connectivity index (χ3v) is 6.14. The van der Waals surface area contributed by atoms with Crippen LogP contribution in [-0.2, 0) is 14.9 Å². The van der Waals surface area contributed by atoms with Crippen LogP contribution in [0, 0.1) is 5.92 Å². The van der Waals surface area contributed by atoms with Gasteiger partial charge in [0.2, 0.25) is 0 Å². The number of rotatable bonds is 6. The van der Waals surface area contributed by atoms with Crippen molar-refractivity contribution in [2.75, 3.05) is 33.4 Å². The molecule has 0 amide bonds. The molecule has 1 atom stereocenters. The second kappa shape index (κ2) is 6.70. The van der Waals surface area contributed by atoms with Crippen molar-refractivity contribution in [2.24, 2.45) is 5.92 Å². The minimum absolute atomic E-state index is 0.123. The highest BCUT2D eigenvalue weighted by atomic mass is 32.2. The molecule has 20 heavy (non-hydrogen) atoms. The van der Waals surface area contributed by atoms with Crippen molar-refractivity contribution in [1.82, 2.24) is 9.03 Å². The largest absolute Gasteiger partial charge is 0.394 e. The summed E-state index contributed by atoms with van der Waals surface area (Å²) in [6.07, 6.45) is 5.24. The van der Waals surface area contributed by atoms with E-state index in [0.29, 0.717) is 19.7 Å². The van der Waals surface area contributed by atoms with Crippen LogP contribution in [0.2, 0.25) is 0 Å². The second-order valence-electron chi connectivity index (χ2n) is 6.07. The van der Waals surface area contributed by atoms with E-state index in [2.05, 4.69) is 4.72 Å². The van der Waals surface area contributed by atoms with Crippen LogP contribution in [0.4, 0.5) is 0 Å². The van der Waals surface area contributed by atoms with Crippen LogP contribution >= 0.6 is 0 Å². The molecule has 6 nitrogen and oxygen atoms in total. The molecule has 0 radical (unpaired) electrons. The van der Waals surface area contributed by atoms with Crippen molar-refractivity contribution < 1.29 is 18.3 Å². The minimum atomic E-state index is -3.52. The molecule has 2 N–H and O–H groups in total. The van der Waals surface area contributed by atoms with E-state index >= 15 is 0 Å². The molecule has 118 valence electrons. The van der Waals surface area contributed by atoms with Crippen LogP contribution in [0.15, 0.2) is 0 Å². The molecule has 0 aromatic heterocycles. The number of hydrogen-bond acceptors (Lipinski definition) is 4. The first-order valence-corrected chi connectivity index (χ1v) is 8.84. The minimum Gasteiger partial charge on any atom is -0.394 e. The van der Waals surface area contributed by atoms with Crippen molar-refractivity contribution in [3.8, 4) is 0 Å². The molecule has 0 aromatic rings. The molecule has 1 saturated carbocycles. The molecule has 2 rings (SSSR count). The SMILES string of the molecule is COCC1CCCN(S(=O)(=O)NC2(CO)CCCC2)C1. The predicted molar refractivity (Wildman–Crippen MR) is 76.5 cm³/mol. The molecule has 2 aliphatic rings. The van der Waals surface area contributed by atoms with Gasteiger partial charge in [0.1, 0.15) is 0 Å². The maximum absolute atomic E-state index is 12.5. The molecule has 1 aliphatic carbocycles. The standard InChI is InChI=1S/C13H26N2O4S/c1-19-10-12-5-4-8-15(9-12)20(17,18)14-13(11-16)6-2-3-7-13/h12,14,16H,2-11H2,1H3. The van der Waals surface area contributed by atoms with E-state index < -0.39 is 15.7 Å². The number of ether oxygens (including phenoxy) is 1. The van der Waals surface area contributed by atoms with Crippen molar-refractivity contribution in [3.63, 3.8) is 0 Å². The lowest BCUT2D eigenvalue weighted by atomic mass is 10.0. The highest BCUT2D eigenvalue weighted by Gasteiger charge is 2.40. The summed E-state index contributed by atoms with van der Waals surface area (Å²) in [6.45, 7) is 1.53. The van der Waals surface area contributed by atoms with Gasteiger partial charge in [0, 0.05) is 20.2 Å². The Balaban J connectivity index is 2.02. The Bertz CT molecular complexity index is 405. The number of nitrogens with one attached hydrogen (secondary N) is 1. The van der Waals surface area contributed by atoms with E-state index in [-0.39, 0.29) is 12.5 Å². The summed E-state index contributed by atoms with van der Waals surface area (Å²) in [7, 11) is -1.88. The van der Waals surface area contributed by atoms with E-state index in [4.69, 9.17) is 4.74 Å². The number of methoxy groups -OCH3 is 1. The molecule has 7 heteroatoms. The van der Waals surface area contributed by atoms with Crippen molar-refractivity contribution in [1.29, 1.82) is 0 Å². The van der Waals surface area contributed by atoms with Gasteiger partial charge in [-0.2, -0.15) is 17.4 Å². The number of nitrogens with zero attached hydrogens (tertiary/aromatic N) is 1. The topological polar surface area (TPSA) is 78.9 Å². The summed E-state index contributed by atoms with van der Waals surface area (Å²) in [5.74, 6) is 0.263. The zero-order valence-electron chi connectivity index (χ0n) is 12.2. The van der Waals surface area contributed by atoms with Crippen LogP contribution < -0.4 is 4.72 Å². The fourth-order valence-corrected chi connectivity index (χ4v) is 5.02. The summed E-state index contributed by atoms with van der Waals surface area (Å²) >= 11 is 0. The van der Waals surface area contributed by atoms with Crippen LogP contribution in [0.1, 0.15) is 38.5 Å². The Morgan fingerprint density at radius 2 is 2.05 bits per heavy atom. The van der Waals surface area contributed by atoms with Gasteiger partial charge in [-0.25, -0.2) is 0 Å². The van der Waals surface area contributed by atoms with Gasteiger partial charge in [0.15, 0.2) is 0 Å². The first-order chi connectivity index (χ1) is 9.51. The number of aliphatic hydroxyl groups excluding tert-OH is 1. The molecule has 1 saturated heterocycles. The fraction of sp³-hybridized carbons (Fsp3) is 1.00. The Hall–Kier alpha value is -0.210. The quantitative estimate of drug-likeness (QED) is 0.748. The number of piperidine rings is 1. The lowest BCUT2D eigenvalue weighted by molar-refractivity contribution is 0.116. The highest BCUT2D eigenvalue weighted by Crippen LogP contribution is 2.31. The average Bonchev–Trinajstić information content (AvgIpc) is 2.88. The number of hydrogen-bond donors (Lipinski definition) is 2. The third-order valence-electron chi connectivity index (χ3n) is 4.43. The van der Waals surface area contributed by atoms with E-state index in [1.807, 2.05) is 0 Å².